The van der Waals surface area contributed by atoms with Crippen molar-refractivity contribution in [3.05, 3.63) is 75.9 Å². The van der Waals surface area contributed by atoms with Crippen molar-refractivity contribution in [3.8, 4) is 0 Å². The molecule has 0 radical (unpaired) electrons. The molecule has 2 aliphatic rings. The monoisotopic (exact) mass is 492 g/mol. The maximum atomic E-state index is 6.70. The molecule has 2 aromatic heterocycles. The van der Waals surface area contributed by atoms with E-state index in [2.05, 4.69) is 34.2 Å². The molecule has 1 fully saturated rings. The third kappa shape index (κ3) is 4.31. The second-order valence-electron chi connectivity index (χ2n) is 8.29. The summed E-state index contributed by atoms with van der Waals surface area (Å²) < 4.78 is 0. The average molecular weight is 494 g/mol. The lowest BCUT2D eigenvalue weighted by molar-refractivity contribution is 0.148. The van der Waals surface area contributed by atoms with Crippen molar-refractivity contribution in [1.29, 1.82) is 0 Å². The highest BCUT2D eigenvalue weighted by Gasteiger charge is 2.46. The zero-order valence-corrected chi connectivity index (χ0v) is 19.9. The molecule has 0 aliphatic heterocycles. The van der Waals surface area contributed by atoms with Crippen LogP contribution in [0.1, 0.15) is 54.5 Å². The minimum absolute atomic E-state index is 0. The molecule has 1 spiro atoms. The molecule has 1 unspecified atom stereocenters. The van der Waals surface area contributed by atoms with Crippen molar-refractivity contribution >= 4 is 47.4 Å². The van der Waals surface area contributed by atoms with E-state index in [0.717, 1.165) is 47.7 Å². The third-order valence-electron chi connectivity index (χ3n) is 6.67. The van der Waals surface area contributed by atoms with Crippen molar-refractivity contribution in [2.45, 2.75) is 54.0 Å². The summed E-state index contributed by atoms with van der Waals surface area (Å²) in [6.07, 6.45) is 11.0. The first-order valence-electron chi connectivity index (χ1n) is 10.2. The normalized spacial score (nSPS) is 24.6. The van der Waals surface area contributed by atoms with E-state index in [0.29, 0.717) is 16.1 Å². The Morgan fingerprint density at radius 3 is 2.48 bits per heavy atom. The zero-order chi connectivity index (χ0) is 20.7. The Morgan fingerprint density at radius 2 is 1.77 bits per heavy atom. The molecule has 8 heteroatoms. The lowest BCUT2D eigenvalue weighted by atomic mass is 9.66. The number of pyridine rings is 1. The van der Waals surface area contributed by atoms with Crippen molar-refractivity contribution < 1.29 is 0 Å². The molecule has 0 saturated heterocycles. The van der Waals surface area contributed by atoms with E-state index in [4.69, 9.17) is 33.9 Å². The number of fused-ring (bicyclic) bond motifs is 1. The summed E-state index contributed by atoms with van der Waals surface area (Å²) in [4.78, 5) is 14.1. The minimum atomic E-state index is 0. The van der Waals surface area contributed by atoms with Gasteiger partial charge in [0, 0.05) is 23.1 Å². The molecule has 2 aliphatic carbocycles. The topological polar surface area (TPSA) is 64.7 Å². The Hall–Kier alpha value is -1.37. The Labute approximate surface area is 202 Å². The standard InChI is InChI=1S/C23H22Cl2N4S.ClH/c24-20-18(7-10-27-22(20)25)30-19-13-28-17(12-29-19)14-5-8-23(9-6-14)11-15-3-1-2-4-16(15)21(23)26;/h1-4,7,10,12-14,21H,5-6,8-9,11,26H2;1H. The van der Waals surface area contributed by atoms with E-state index >= 15 is 0 Å². The van der Waals surface area contributed by atoms with E-state index in [1.165, 1.54) is 22.9 Å². The van der Waals surface area contributed by atoms with Crippen molar-refractivity contribution in [3.63, 3.8) is 0 Å². The number of rotatable bonds is 3. The number of hydrogen-bond donors (Lipinski definition) is 1. The predicted molar refractivity (Wildman–Crippen MR) is 128 cm³/mol. The summed E-state index contributed by atoms with van der Waals surface area (Å²) in [6.45, 7) is 0. The molecule has 1 atom stereocenters. The molecule has 5 rings (SSSR count). The predicted octanol–water partition coefficient (Wildman–Crippen LogP) is 6.65. The molecule has 0 bridgehead atoms. The fourth-order valence-corrected chi connectivity index (χ4v) is 6.17. The van der Waals surface area contributed by atoms with Gasteiger partial charge in [-0.25, -0.2) is 9.97 Å². The van der Waals surface area contributed by atoms with Crippen LogP contribution in [0, 0.1) is 5.41 Å². The second-order valence-corrected chi connectivity index (χ2v) is 10.1. The Bertz CT molecular complexity index is 1070. The van der Waals surface area contributed by atoms with Crippen molar-refractivity contribution in [2.24, 2.45) is 11.1 Å². The van der Waals surface area contributed by atoms with Gasteiger partial charge in [-0.1, -0.05) is 59.2 Å². The van der Waals surface area contributed by atoms with Gasteiger partial charge in [-0.2, -0.15) is 0 Å². The van der Waals surface area contributed by atoms with Gasteiger partial charge in [0.15, 0.2) is 0 Å². The fraction of sp³-hybridized carbons (Fsp3) is 0.348. The first-order valence-corrected chi connectivity index (χ1v) is 11.8. The molecule has 2 heterocycles. The Kier molecular flexibility index (Phi) is 6.80. The lowest BCUT2D eigenvalue weighted by Gasteiger charge is -2.40. The van der Waals surface area contributed by atoms with E-state index in [1.807, 2.05) is 18.5 Å². The van der Waals surface area contributed by atoms with Crippen molar-refractivity contribution in [1.82, 2.24) is 15.0 Å². The average Bonchev–Trinajstić information content (AvgIpc) is 3.04. The van der Waals surface area contributed by atoms with Crippen molar-refractivity contribution in [2.75, 3.05) is 0 Å². The third-order valence-corrected chi connectivity index (χ3v) is 8.52. The molecule has 2 N–H and O–H groups in total. The highest BCUT2D eigenvalue weighted by molar-refractivity contribution is 7.99. The number of hydrogen-bond acceptors (Lipinski definition) is 5. The maximum Gasteiger partial charge on any atom is 0.148 e. The van der Waals surface area contributed by atoms with Crippen LogP contribution in [-0.2, 0) is 6.42 Å². The van der Waals surface area contributed by atoms with Gasteiger partial charge in [-0.05, 0) is 54.7 Å². The number of nitrogens with zero attached hydrogens (tertiary/aromatic N) is 3. The van der Waals surface area contributed by atoms with Crippen LogP contribution in [0.15, 0.2) is 58.8 Å². The molecule has 1 aromatic carbocycles. The minimum Gasteiger partial charge on any atom is -0.323 e. The van der Waals surface area contributed by atoms with Crippen LogP contribution in [0.3, 0.4) is 0 Å². The summed E-state index contributed by atoms with van der Waals surface area (Å²) in [5, 5.41) is 1.54. The molecule has 0 amide bonds. The number of benzene rings is 1. The fourth-order valence-electron chi connectivity index (χ4n) is 4.98. The molecule has 162 valence electrons. The van der Waals surface area contributed by atoms with Gasteiger partial charge in [-0.3, -0.25) is 4.98 Å². The highest BCUT2D eigenvalue weighted by Crippen LogP contribution is 2.55. The molecular weight excluding hydrogens is 471 g/mol. The van der Waals surface area contributed by atoms with E-state index < -0.39 is 0 Å². The van der Waals surface area contributed by atoms with Crippen LogP contribution in [0.25, 0.3) is 0 Å². The Balaban J connectivity index is 0.00000231. The van der Waals surface area contributed by atoms with Crippen LogP contribution in [0.4, 0.5) is 0 Å². The summed E-state index contributed by atoms with van der Waals surface area (Å²) in [5.41, 5.74) is 10.7. The van der Waals surface area contributed by atoms with Crippen LogP contribution in [0.2, 0.25) is 10.2 Å². The van der Waals surface area contributed by atoms with Gasteiger partial charge < -0.3 is 5.73 Å². The highest BCUT2D eigenvalue weighted by atomic mass is 35.5. The second kappa shape index (κ2) is 9.24. The van der Waals surface area contributed by atoms with Gasteiger partial charge >= 0.3 is 0 Å². The summed E-state index contributed by atoms with van der Waals surface area (Å²) in [7, 11) is 0. The van der Waals surface area contributed by atoms with Crippen LogP contribution in [-0.4, -0.2) is 15.0 Å². The number of nitrogens with two attached hydrogens (primary N) is 1. The lowest BCUT2D eigenvalue weighted by Crippen LogP contribution is -2.35. The van der Waals surface area contributed by atoms with Crippen LogP contribution < -0.4 is 5.73 Å². The molecule has 4 nitrogen and oxygen atoms in total. The van der Waals surface area contributed by atoms with E-state index in [1.54, 1.807) is 6.20 Å². The van der Waals surface area contributed by atoms with E-state index in [-0.39, 0.29) is 23.9 Å². The van der Waals surface area contributed by atoms with Gasteiger partial charge in [0.1, 0.15) is 10.2 Å². The van der Waals surface area contributed by atoms with Crippen LogP contribution in [0.5, 0.6) is 0 Å². The zero-order valence-electron chi connectivity index (χ0n) is 16.8. The molecule has 3 aromatic rings. The number of halogens is 3. The molecular formula is C23H23Cl3N4S. The summed E-state index contributed by atoms with van der Waals surface area (Å²) >= 11 is 13.7. The van der Waals surface area contributed by atoms with Gasteiger partial charge in [-0.15, -0.1) is 12.4 Å². The Morgan fingerprint density at radius 1 is 1.00 bits per heavy atom. The summed E-state index contributed by atoms with van der Waals surface area (Å²) in [6, 6.07) is 10.6. The van der Waals surface area contributed by atoms with Gasteiger partial charge in [0.25, 0.3) is 0 Å². The molecule has 31 heavy (non-hydrogen) atoms. The number of aromatic nitrogens is 3. The van der Waals surface area contributed by atoms with E-state index in [9.17, 15) is 0 Å². The molecule has 1 saturated carbocycles. The maximum absolute atomic E-state index is 6.70. The SMILES string of the molecule is Cl.NC1c2ccccc2CC12CCC(c1cnc(Sc3ccnc(Cl)c3Cl)cn1)CC2. The summed E-state index contributed by atoms with van der Waals surface area (Å²) in [5.74, 6) is 0.442. The van der Waals surface area contributed by atoms with Crippen LogP contribution >= 0.6 is 47.4 Å². The largest absolute Gasteiger partial charge is 0.323 e. The first-order chi connectivity index (χ1) is 14.6. The quantitative estimate of drug-likeness (QED) is 0.414. The van der Waals surface area contributed by atoms with Gasteiger partial charge in [0.05, 0.1) is 23.1 Å². The van der Waals surface area contributed by atoms with Gasteiger partial charge in [0.2, 0.25) is 0 Å². The first kappa shape index (κ1) is 22.8. The smallest absolute Gasteiger partial charge is 0.148 e.